The van der Waals surface area contributed by atoms with Crippen molar-refractivity contribution in [2.24, 2.45) is 5.41 Å². The molecule has 1 rings (SSSR count). The van der Waals surface area contributed by atoms with Gasteiger partial charge in [0.05, 0.1) is 0 Å². The van der Waals surface area contributed by atoms with Crippen molar-refractivity contribution >= 4 is 5.97 Å². The van der Waals surface area contributed by atoms with Gasteiger partial charge in [0.25, 0.3) is 0 Å². The van der Waals surface area contributed by atoms with E-state index in [-0.39, 0.29) is 17.5 Å². The van der Waals surface area contributed by atoms with Crippen LogP contribution in [0.5, 0.6) is 0 Å². The number of unbranched alkanes of at least 4 members (excludes halogenated alkanes) is 8. The number of carbonyl (C=O) groups is 1. The molecule has 166 valence electrons. The van der Waals surface area contributed by atoms with Crippen molar-refractivity contribution < 1.29 is 9.53 Å². The van der Waals surface area contributed by atoms with Gasteiger partial charge in [0.2, 0.25) is 0 Å². The van der Waals surface area contributed by atoms with Crippen molar-refractivity contribution in [3.8, 4) is 0 Å². The van der Waals surface area contributed by atoms with E-state index in [0.717, 1.165) is 32.1 Å². The summed E-state index contributed by atoms with van der Waals surface area (Å²) in [5.41, 5.74) is 1.46. The van der Waals surface area contributed by atoms with Crippen LogP contribution in [0.4, 0.5) is 0 Å². The minimum atomic E-state index is -0.0202. The second-order valence-corrected chi connectivity index (χ2v) is 9.37. The first-order valence-electron chi connectivity index (χ1n) is 12.1. The highest BCUT2D eigenvalue weighted by molar-refractivity contribution is 5.69. The van der Waals surface area contributed by atoms with Gasteiger partial charge in [-0.05, 0) is 69.3 Å². The molecule has 0 aromatic heterocycles. The Morgan fingerprint density at radius 1 is 1.00 bits per heavy atom. The topological polar surface area (TPSA) is 26.3 Å². The molecule has 0 aromatic carbocycles. The molecule has 1 aliphatic carbocycles. The van der Waals surface area contributed by atoms with Gasteiger partial charge in [-0.2, -0.15) is 0 Å². The zero-order chi connectivity index (χ0) is 21.4. The highest BCUT2D eigenvalue weighted by atomic mass is 16.5. The smallest absolute Gasteiger partial charge is 0.306 e. The average molecular weight is 403 g/mol. The quantitative estimate of drug-likeness (QED) is 0.156. The van der Waals surface area contributed by atoms with E-state index in [2.05, 4.69) is 58.1 Å². The Bertz CT molecular complexity index is 525. The third-order valence-electron chi connectivity index (χ3n) is 5.78. The highest BCUT2D eigenvalue weighted by Gasteiger charge is 2.27. The van der Waals surface area contributed by atoms with Crippen molar-refractivity contribution in [1.29, 1.82) is 0 Å². The van der Waals surface area contributed by atoms with Gasteiger partial charge in [-0.3, -0.25) is 4.79 Å². The maximum Gasteiger partial charge on any atom is 0.306 e. The van der Waals surface area contributed by atoms with E-state index in [1.54, 1.807) is 0 Å². The number of hydrogen-bond acceptors (Lipinski definition) is 2. The van der Waals surface area contributed by atoms with Crippen LogP contribution in [0.25, 0.3) is 0 Å². The minimum Gasteiger partial charge on any atom is -0.458 e. The summed E-state index contributed by atoms with van der Waals surface area (Å²) in [4.78, 5) is 12.1. The van der Waals surface area contributed by atoms with Crippen LogP contribution >= 0.6 is 0 Å². The lowest BCUT2D eigenvalue weighted by Crippen LogP contribution is -2.27. The molecule has 29 heavy (non-hydrogen) atoms. The lowest BCUT2D eigenvalue weighted by Gasteiger charge is -2.31. The van der Waals surface area contributed by atoms with E-state index in [1.807, 2.05) is 0 Å². The largest absolute Gasteiger partial charge is 0.458 e. The van der Waals surface area contributed by atoms with Gasteiger partial charge in [0.15, 0.2) is 0 Å². The Morgan fingerprint density at radius 2 is 1.62 bits per heavy atom. The van der Waals surface area contributed by atoms with Crippen LogP contribution in [-0.2, 0) is 9.53 Å². The van der Waals surface area contributed by atoms with E-state index in [4.69, 9.17) is 4.74 Å². The predicted molar refractivity (Wildman–Crippen MR) is 126 cm³/mol. The molecule has 0 bridgehead atoms. The summed E-state index contributed by atoms with van der Waals surface area (Å²) in [5, 5.41) is 0. The maximum atomic E-state index is 12.1. The molecule has 1 aliphatic rings. The summed E-state index contributed by atoms with van der Waals surface area (Å²) >= 11 is 0. The highest BCUT2D eigenvalue weighted by Crippen LogP contribution is 2.34. The van der Waals surface area contributed by atoms with Gasteiger partial charge < -0.3 is 4.74 Å². The first-order chi connectivity index (χ1) is 13.9. The lowest BCUT2D eigenvalue weighted by atomic mass is 9.79. The van der Waals surface area contributed by atoms with Gasteiger partial charge in [0, 0.05) is 6.42 Å². The zero-order valence-corrected chi connectivity index (χ0v) is 19.7. The molecule has 0 heterocycles. The minimum absolute atomic E-state index is 0.00787. The molecule has 0 aromatic rings. The summed E-state index contributed by atoms with van der Waals surface area (Å²) in [5.74, 6) is -0.0202. The SMILES string of the molecule is CCCCC/C=C\C/C=C\CCCCCCCC(=O)OC1CCC(C)(C)C=C1C. The molecule has 0 saturated carbocycles. The molecule has 0 amide bonds. The van der Waals surface area contributed by atoms with Crippen molar-refractivity contribution in [3.63, 3.8) is 0 Å². The van der Waals surface area contributed by atoms with Gasteiger partial charge in [-0.25, -0.2) is 0 Å². The van der Waals surface area contributed by atoms with E-state index < -0.39 is 0 Å². The number of carbonyl (C=O) groups excluding carboxylic acids is 1. The van der Waals surface area contributed by atoms with Gasteiger partial charge in [-0.1, -0.05) is 83.3 Å². The molecular formula is C27H46O2. The first kappa shape index (κ1) is 25.7. The molecule has 0 fully saturated rings. The third kappa shape index (κ3) is 13.5. The zero-order valence-electron chi connectivity index (χ0n) is 19.7. The lowest BCUT2D eigenvalue weighted by molar-refractivity contribution is -0.148. The molecule has 2 heteroatoms. The van der Waals surface area contributed by atoms with Crippen molar-refractivity contribution in [2.45, 2.75) is 124 Å². The number of hydrogen-bond donors (Lipinski definition) is 0. The molecule has 1 atom stereocenters. The summed E-state index contributed by atoms with van der Waals surface area (Å²) in [7, 11) is 0. The Balaban J connectivity index is 1.95. The molecule has 1 unspecified atom stereocenters. The third-order valence-corrected chi connectivity index (χ3v) is 5.78. The van der Waals surface area contributed by atoms with E-state index in [9.17, 15) is 4.79 Å². The van der Waals surface area contributed by atoms with Crippen LogP contribution in [0.15, 0.2) is 36.0 Å². The summed E-state index contributed by atoms with van der Waals surface area (Å²) < 4.78 is 5.69. The van der Waals surface area contributed by atoms with Gasteiger partial charge in [0.1, 0.15) is 6.10 Å². The average Bonchev–Trinajstić information content (AvgIpc) is 2.67. The Labute approximate surface area is 180 Å². The van der Waals surface area contributed by atoms with E-state index in [0.29, 0.717) is 6.42 Å². The second-order valence-electron chi connectivity index (χ2n) is 9.37. The summed E-state index contributed by atoms with van der Waals surface area (Å²) in [6.07, 6.45) is 27.4. The van der Waals surface area contributed by atoms with E-state index >= 15 is 0 Å². The van der Waals surface area contributed by atoms with Crippen LogP contribution in [0.1, 0.15) is 118 Å². The van der Waals surface area contributed by atoms with E-state index in [1.165, 1.54) is 56.9 Å². The molecule has 0 N–H and O–H groups in total. The molecule has 0 saturated heterocycles. The standard InChI is InChI=1S/C27H46O2/c1-5-6-7-8-9-10-11-12-13-14-15-16-17-18-19-20-26(28)29-25-21-22-27(3,4)23-24(25)2/h9-10,12-13,23,25H,5-8,11,14-22H2,1-4H3/b10-9-,13-12-. The number of rotatable bonds is 15. The fourth-order valence-electron chi connectivity index (χ4n) is 3.96. The Morgan fingerprint density at radius 3 is 2.28 bits per heavy atom. The van der Waals surface area contributed by atoms with Crippen molar-refractivity contribution in [1.82, 2.24) is 0 Å². The van der Waals surface area contributed by atoms with Crippen LogP contribution in [0.2, 0.25) is 0 Å². The van der Waals surface area contributed by atoms with Crippen LogP contribution in [0.3, 0.4) is 0 Å². The molecule has 2 nitrogen and oxygen atoms in total. The normalized spacial score (nSPS) is 19.0. The maximum absolute atomic E-state index is 12.1. The second kappa shape index (κ2) is 15.5. The molecule has 0 radical (unpaired) electrons. The van der Waals surface area contributed by atoms with Gasteiger partial charge >= 0.3 is 5.97 Å². The monoisotopic (exact) mass is 402 g/mol. The fraction of sp³-hybridized carbons (Fsp3) is 0.741. The number of esters is 1. The number of allylic oxidation sites excluding steroid dienone is 5. The summed E-state index contributed by atoms with van der Waals surface area (Å²) in [6, 6.07) is 0. The Hall–Kier alpha value is -1.31. The fourth-order valence-corrected chi connectivity index (χ4v) is 3.96. The Kier molecular flexibility index (Phi) is 13.8. The molecular weight excluding hydrogens is 356 g/mol. The number of ether oxygens (including phenoxy) is 1. The van der Waals surface area contributed by atoms with Crippen LogP contribution in [-0.4, -0.2) is 12.1 Å². The molecule has 0 spiro atoms. The van der Waals surface area contributed by atoms with Gasteiger partial charge in [-0.15, -0.1) is 0 Å². The first-order valence-corrected chi connectivity index (χ1v) is 12.1. The van der Waals surface area contributed by atoms with Crippen LogP contribution in [0, 0.1) is 5.41 Å². The molecule has 0 aliphatic heterocycles. The van der Waals surface area contributed by atoms with Crippen LogP contribution < -0.4 is 0 Å². The predicted octanol–water partition coefficient (Wildman–Crippen LogP) is 8.48. The summed E-state index contributed by atoms with van der Waals surface area (Å²) in [6.45, 7) is 8.84. The van der Waals surface area contributed by atoms with Crippen molar-refractivity contribution in [3.05, 3.63) is 36.0 Å². The van der Waals surface area contributed by atoms with Crippen molar-refractivity contribution in [2.75, 3.05) is 0 Å².